The fourth-order valence-electron chi connectivity index (χ4n) is 2.47. The third-order valence-electron chi connectivity index (χ3n) is 3.61. The van der Waals surface area contributed by atoms with Gasteiger partial charge in [-0.2, -0.15) is 0 Å². The summed E-state index contributed by atoms with van der Waals surface area (Å²) in [7, 11) is 0. The maximum Gasteiger partial charge on any atom is 0.241 e. The summed E-state index contributed by atoms with van der Waals surface area (Å²) in [5.74, 6) is -0.0166. The monoisotopic (exact) mass is 408 g/mol. The average molecular weight is 410 g/mol. The van der Waals surface area contributed by atoms with Crippen molar-refractivity contribution in [2.24, 2.45) is 0 Å². The van der Waals surface area contributed by atoms with Crippen LogP contribution < -0.4 is 10.6 Å². The molecule has 1 aliphatic heterocycles. The second-order valence-corrected chi connectivity index (χ2v) is 6.70. The summed E-state index contributed by atoms with van der Waals surface area (Å²) < 4.78 is 1.72. The third-order valence-corrected chi connectivity index (χ3v) is 4.93. The van der Waals surface area contributed by atoms with E-state index in [1.165, 1.54) is 11.1 Å². The predicted molar refractivity (Wildman–Crippen MR) is 91.2 cm³/mol. The fourth-order valence-corrected chi connectivity index (χ4v) is 3.66. The summed E-state index contributed by atoms with van der Waals surface area (Å²) in [5, 5.41) is 6.28. The molecule has 2 aromatic carbocycles. The van der Waals surface area contributed by atoms with Crippen molar-refractivity contribution >= 4 is 43.5 Å². The topological polar surface area (TPSA) is 41.1 Å². The van der Waals surface area contributed by atoms with Crippen molar-refractivity contribution < 1.29 is 4.79 Å². The Morgan fingerprint density at radius 3 is 2.43 bits per heavy atom. The molecule has 0 spiro atoms. The molecule has 2 aromatic rings. The lowest BCUT2D eigenvalue weighted by molar-refractivity contribution is -0.118. The number of carbonyl (C=O) groups excluding carboxylic acids is 1. The fraction of sp³-hybridized carbons (Fsp3) is 0.188. The first-order valence-electron chi connectivity index (χ1n) is 6.70. The third kappa shape index (κ3) is 3.20. The van der Waals surface area contributed by atoms with Gasteiger partial charge in [-0.25, -0.2) is 0 Å². The molecule has 1 amide bonds. The molecular formula is C16H14Br2N2O. The summed E-state index contributed by atoms with van der Waals surface area (Å²) in [5.41, 5.74) is 3.27. The number of hydrogen-bond acceptors (Lipinski definition) is 2. The normalized spacial score (nSPS) is 17.1. The van der Waals surface area contributed by atoms with Gasteiger partial charge in [-0.05, 0) is 61.5 Å². The smallest absolute Gasteiger partial charge is 0.241 e. The highest BCUT2D eigenvalue weighted by Gasteiger charge is 2.24. The minimum Gasteiger partial charge on any atom is -0.323 e. The minimum atomic E-state index is -0.209. The van der Waals surface area contributed by atoms with Crippen LogP contribution in [-0.4, -0.2) is 11.9 Å². The van der Waals surface area contributed by atoms with Gasteiger partial charge in [0.1, 0.15) is 0 Å². The molecule has 1 atom stereocenters. The molecule has 5 heteroatoms. The standard InChI is InChI=1S/C16H14Br2N2O/c17-12-6-3-7-13(18)15(12)20-16(21)14-8-10-4-1-2-5-11(10)9-19-14/h1-7,14,19H,8-9H2,(H,20,21)/t14-/m0/s1. The van der Waals surface area contributed by atoms with Gasteiger partial charge in [0.05, 0.1) is 11.7 Å². The molecular weight excluding hydrogens is 396 g/mol. The summed E-state index contributed by atoms with van der Waals surface area (Å²) in [6.45, 7) is 0.728. The van der Waals surface area contributed by atoms with Gasteiger partial charge in [0.2, 0.25) is 5.91 Å². The first kappa shape index (κ1) is 14.8. The van der Waals surface area contributed by atoms with E-state index in [1.54, 1.807) is 0 Å². The summed E-state index contributed by atoms with van der Waals surface area (Å²) in [6, 6.07) is 13.8. The molecule has 0 radical (unpaired) electrons. The summed E-state index contributed by atoms with van der Waals surface area (Å²) in [4.78, 5) is 12.5. The van der Waals surface area contributed by atoms with Crippen molar-refractivity contribution in [3.8, 4) is 0 Å². The van der Waals surface area contributed by atoms with E-state index in [1.807, 2.05) is 30.3 Å². The van der Waals surface area contributed by atoms with E-state index in [9.17, 15) is 4.79 Å². The van der Waals surface area contributed by atoms with Crippen LogP contribution in [0.4, 0.5) is 5.69 Å². The number of benzene rings is 2. The molecule has 0 fully saturated rings. The first-order chi connectivity index (χ1) is 10.1. The summed E-state index contributed by atoms with van der Waals surface area (Å²) in [6.07, 6.45) is 0.712. The molecule has 21 heavy (non-hydrogen) atoms. The van der Waals surface area contributed by atoms with Gasteiger partial charge in [-0.1, -0.05) is 30.3 Å². The van der Waals surface area contributed by atoms with Crippen molar-refractivity contribution in [1.29, 1.82) is 0 Å². The summed E-state index contributed by atoms with van der Waals surface area (Å²) >= 11 is 6.92. The van der Waals surface area contributed by atoms with E-state index in [0.717, 1.165) is 21.2 Å². The van der Waals surface area contributed by atoms with Gasteiger partial charge in [0.15, 0.2) is 0 Å². The second-order valence-electron chi connectivity index (χ2n) is 4.99. The van der Waals surface area contributed by atoms with Crippen LogP contribution in [0.15, 0.2) is 51.4 Å². The Bertz CT molecular complexity index is 667. The number of hydrogen-bond donors (Lipinski definition) is 2. The highest BCUT2D eigenvalue weighted by atomic mass is 79.9. The second kappa shape index (κ2) is 6.30. The maximum atomic E-state index is 12.5. The van der Waals surface area contributed by atoms with Gasteiger partial charge in [0.25, 0.3) is 0 Å². The van der Waals surface area contributed by atoms with Crippen LogP contribution in [0.2, 0.25) is 0 Å². The van der Waals surface area contributed by atoms with Crippen LogP contribution in [0.25, 0.3) is 0 Å². The Morgan fingerprint density at radius 1 is 1.05 bits per heavy atom. The molecule has 3 nitrogen and oxygen atoms in total. The molecule has 0 bridgehead atoms. The Labute approximate surface area is 140 Å². The lowest BCUT2D eigenvalue weighted by atomic mass is 9.95. The molecule has 108 valence electrons. The zero-order valence-corrected chi connectivity index (χ0v) is 14.4. The number of anilines is 1. The van der Waals surface area contributed by atoms with E-state index in [-0.39, 0.29) is 11.9 Å². The van der Waals surface area contributed by atoms with Gasteiger partial charge >= 0.3 is 0 Å². The predicted octanol–water partition coefficient (Wildman–Crippen LogP) is 3.86. The number of rotatable bonds is 2. The number of para-hydroxylation sites is 1. The molecule has 1 heterocycles. The van der Waals surface area contributed by atoms with E-state index < -0.39 is 0 Å². The molecule has 2 N–H and O–H groups in total. The quantitative estimate of drug-likeness (QED) is 0.790. The number of halogens is 2. The highest BCUT2D eigenvalue weighted by molar-refractivity contribution is 9.11. The van der Waals surface area contributed by atoms with Crippen LogP contribution >= 0.6 is 31.9 Å². The van der Waals surface area contributed by atoms with E-state index in [4.69, 9.17) is 0 Å². The van der Waals surface area contributed by atoms with Crippen LogP contribution in [0.5, 0.6) is 0 Å². The number of amides is 1. The molecule has 0 aromatic heterocycles. The van der Waals surface area contributed by atoms with Gasteiger partial charge in [-0.3, -0.25) is 4.79 Å². The van der Waals surface area contributed by atoms with Crippen molar-refractivity contribution in [2.75, 3.05) is 5.32 Å². The van der Waals surface area contributed by atoms with E-state index in [2.05, 4.69) is 54.6 Å². The molecule has 0 unspecified atom stereocenters. The zero-order valence-electron chi connectivity index (χ0n) is 11.2. The molecule has 3 rings (SSSR count). The van der Waals surface area contributed by atoms with Crippen molar-refractivity contribution in [3.05, 3.63) is 62.5 Å². The van der Waals surface area contributed by atoms with Crippen LogP contribution in [0.1, 0.15) is 11.1 Å². The SMILES string of the molecule is O=C(Nc1c(Br)cccc1Br)[C@@H]1Cc2ccccc2CN1. The minimum absolute atomic E-state index is 0.0166. The molecule has 0 saturated heterocycles. The van der Waals surface area contributed by atoms with Crippen molar-refractivity contribution in [3.63, 3.8) is 0 Å². The van der Waals surface area contributed by atoms with E-state index in [0.29, 0.717) is 6.42 Å². The highest BCUT2D eigenvalue weighted by Crippen LogP contribution is 2.31. The van der Waals surface area contributed by atoms with Crippen LogP contribution in [0.3, 0.4) is 0 Å². The Morgan fingerprint density at radius 2 is 1.71 bits per heavy atom. The molecule has 0 aliphatic carbocycles. The number of carbonyl (C=O) groups is 1. The maximum absolute atomic E-state index is 12.5. The van der Waals surface area contributed by atoms with Crippen molar-refractivity contribution in [1.82, 2.24) is 5.32 Å². The molecule has 1 aliphatic rings. The Balaban J connectivity index is 1.76. The first-order valence-corrected chi connectivity index (χ1v) is 8.29. The zero-order chi connectivity index (χ0) is 14.8. The lowest BCUT2D eigenvalue weighted by Gasteiger charge is -2.25. The van der Waals surface area contributed by atoms with Crippen LogP contribution in [0, 0.1) is 0 Å². The van der Waals surface area contributed by atoms with Crippen molar-refractivity contribution in [2.45, 2.75) is 19.0 Å². The van der Waals surface area contributed by atoms with Gasteiger partial charge < -0.3 is 10.6 Å². The average Bonchev–Trinajstić information content (AvgIpc) is 2.50. The Hall–Kier alpha value is -1.17. The molecule has 0 saturated carbocycles. The van der Waals surface area contributed by atoms with Gasteiger partial charge in [-0.15, -0.1) is 0 Å². The van der Waals surface area contributed by atoms with Gasteiger partial charge in [0, 0.05) is 15.5 Å². The number of nitrogens with one attached hydrogen (secondary N) is 2. The largest absolute Gasteiger partial charge is 0.323 e. The number of fused-ring (bicyclic) bond motifs is 1. The Kier molecular flexibility index (Phi) is 4.42. The van der Waals surface area contributed by atoms with Crippen LogP contribution in [-0.2, 0) is 17.8 Å². The lowest BCUT2D eigenvalue weighted by Crippen LogP contribution is -2.44. The van der Waals surface area contributed by atoms with E-state index >= 15 is 0 Å².